The van der Waals surface area contributed by atoms with Crippen LogP contribution in [0.5, 0.6) is 0 Å². The van der Waals surface area contributed by atoms with Crippen LogP contribution < -0.4 is 5.32 Å². The largest absolute Gasteiger partial charge is 0.455 e. The lowest BCUT2D eigenvalue weighted by Crippen LogP contribution is -2.59. The van der Waals surface area contributed by atoms with Gasteiger partial charge < -0.3 is 29.7 Å². The van der Waals surface area contributed by atoms with Gasteiger partial charge in [0.15, 0.2) is 0 Å². The van der Waals surface area contributed by atoms with Gasteiger partial charge >= 0.3 is 5.97 Å². The number of halogens is 1. The lowest BCUT2D eigenvalue weighted by atomic mass is 9.70. The molecule has 2 N–H and O–H groups in total. The molecule has 10 nitrogen and oxygen atoms in total. The number of alkyl halides is 1. The summed E-state index contributed by atoms with van der Waals surface area (Å²) in [6.45, 7) is 13.6. The fourth-order valence-corrected chi connectivity index (χ4v) is 8.28. The Hall–Kier alpha value is -3.02. The van der Waals surface area contributed by atoms with E-state index in [0.717, 1.165) is 12.8 Å². The Kier molecular flexibility index (Phi) is 12.2. The first kappa shape index (κ1) is 35.8. The Labute approximate surface area is 280 Å². The third kappa shape index (κ3) is 6.82. The molecule has 3 saturated heterocycles. The zero-order chi connectivity index (χ0) is 33.6. The van der Waals surface area contributed by atoms with Crippen LogP contribution in [0.15, 0.2) is 55.6 Å². The van der Waals surface area contributed by atoms with Gasteiger partial charge in [-0.3, -0.25) is 19.2 Å². The number of ether oxygens (including phenoxy) is 2. The number of benzene rings is 1. The summed E-state index contributed by atoms with van der Waals surface area (Å²) in [6.07, 6.45) is 4.97. The summed E-state index contributed by atoms with van der Waals surface area (Å²) in [5.41, 5.74) is -0.589. The number of nitrogens with zero attached hydrogens (tertiary/aromatic N) is 2. The Morgan fingerprint density at radius 2 is 1.96 bits per heavy atom. The number of hydrogen-bond donors (Lipinski definition) is 2. The van der Waals surface area contributed by atoms with E-state index in [1.807, 2.05) is 44.2 Å². The van der Waals surface area contributed by atoms with Crippen LogP contribution in [0.3, 0.4) is 0 Å². The number of likely N-dealkylation sites (tertiary alicyclic amines) is 1. The smallest absolute Gasteiger partial charge is 0.313 e. The molecule has 2 bridgehead atoms. The zero-order valence-electron chi connectivity index (χ0n) is 27.1. The number of unbranched alkanes of at least 4 members (excludes halogenated alkanes) is 1. The van der Waals surface area contributed by atoms with E-state index in [4.69, 9.17) is 9.47 Å². The molecule has 3 heterocycles. The number of amides is 3. The minimum Gasteiger partial charge on any atom is -0.455 e. The molecule has 0 aromatic heterocycles. The number of hydrogen-bond acceptors (Lipinski definition) is 7. The number of allylic oxidation sites excluding steroid dienone is 1. The second-order valence-electron chi connectivity index (χ2n) is 12.5. The molecule has 3 amide bonds. The molecular formula is C35H48BrN3O7. The van der Waals surface area contributed by atoms with Crippen molar-refractivity contribution in [2.45, 2.75) is 100 Å². The summed E-state index contributed by atoms with van der Waals surface area (Å²) in [6, 6.07) is 6.93. The van der Waals surface area contributed by atoms with Gasteiger partial charge in [-0.2, -0.15) is 0 Å². The summed E-state index contributed by atoms with van der Waals surface area (Å²) in [5.74, 6) is -3.46. The second-order valence-corrected chi connectivity index (χ2v) is 13.7. The van der Waals surface area contributed by atoms with Crippen LogP contribution in [0.25, 0.3) is 0 Å². The quantitative estimate of drug-likeness (QED) is 0.143. The van der Waals surface area contributed by atoms with E-state index < -0.39 is 53.7 Å². The highest BCUT2D eigenvalue weighted by molar-refractivity contribution is 9.09. The number of aliphatic hydroxyl groups is 1. The Morgan fingerprint density at radius 1 is 1.24 bits per heavy atom. The molecule has 1 unspecified atom stereocenters. The number of aliphatic hydroxyl groups excluding tert-OH is 1. The summed E-state index contributed by atoms with van der Waals surface area (Å²) in [7, 11) is 0. The monoisotopic (exact) mass is 701 g/mol. The first-order chi connectivity index (χ1) is 22.1. The van der Waals surface area contributed by atoms with Gasteiger partial charge in [-0.1, -0.05) is 78.7 Å². The highest BCUT2D eigenvalue weighted by Gasteiger charge is 2.77. The summed E-state index contributed by atoms with van der Waals surface area (Å²) in [5, 5.41) is 13.3. The molecule has 3 aliphatic heterocycles. The Balaban J connectivity index is 1.71. The highest BCUT2D eigenvalue weighted by atomic mass is 79.9. The van der Waals surface area contributed by atoms with Gasteiger partial charge in [-0.05, 0) is 38.2 Å². The van der Waals surface area contributed by atoms with Crippen molar-refractivity contribution < 1.29 is 33.8 Å². The molecule has 1 spiro atoms. The molecule has 0 aliphatic carbocycles. The molecule has 0 radical (unpaired) electrons. The molecular weight excluding hydrogens is 654 g/mol. The van der Waals surface area contributed by atoms with E-state index in [-0.39, 0.29) is 35.6 Å². The molecule has 9 atom stereocenters. The van der Waals surface area contributed by atoms with E-state index in [2.05, 4.69) is 34.4 Å². The topological polar surface area (TPSA) is 125 Å². The van der Waals surface area contributed by atoms with Crippen molar-refractivity contribution in [3.63, 3.8) is 0 Å². The minimum atomic E-state index is -1.28. The van der Waals surface area contributed by atoms with Gasteiger partial charge in [0, 0.05) is 24.3 Å². The van der Waals surface area contributed by atoms with Crippen molar-refractivity contribution in [3.05, 3.63) is 61.2 Å². The average molecular weight is 703 g/mol. The first-order valence-electron chi connectivity index (χ1n) is 16.4. The SMILES string of the molecule is C=CCCC(=O)N[C@@H](C)[C@H](OC(=O)[C@H]1[C@@H]2O[C@@]3(CC2Br)[C@@H]1C(=O)N([C@@H](CC)CO)[C@@H]3C(=O)N(CC=C)CCCC)c1ccccc1. The maximum absolute atomic E-state index is 14.5. The predicted molar refractivity (Wildman–Crippen MR) is 178 cm³/mol. The summed E-state index contributed by atoms with van der Waals surface area (Å²) >= 11 is 3.71. The normalized spacial score (nSPS) is 28.2. The van der Waals surface area contributed by atoms with Crippen LogP contribution in [0.1, 0.15) is 71.0 Å². The van der Waals surface area contributed by atoms with E-state index in [1.165, 1.54) is 4.90 Å². The van der Waals surface area contributed by atoms with Crippen LogP contribution in [-0.2, 0) is 28.7 Å². The van der Waals surface area contributed by atoms with E-state index >= 15 is 0 Å². The summed E-state index contributed by atoms with van der Waals surface area (Å²) in [4.78, 5) is 58.6. The fraction of sp³-hybridized carbons (Fsp3) is 0.600. The maximum Gasteiger partial charge on any atom is 0.313 e. The lowest BCUT2D eigenvalue weighted by molar-refractivity contribution is -0.162. The number of esters is 1. The van der Waals surface area contributed by atoms with Crippen LogP contribution in [0, 0.1) is 11.8 Å². The Morgan fingerprint density at radius 3 is 2.57 bits per heavy atom. The number of carbonyl (C=O) groups is 4. The van der Waals surface area contributed by atoms with E-state index in [0.29, 0.717) is 37.9 Å². The fourth-order valence-electron chi connectivity index (χ4n) is 7.33. The first-order valence-corrected chi connectivity index (χ1v) is 17.3. The van der Waals surface area contributed by atoms with Gasteiger partial charge in [0.05, 0.1) is 36.6 Å². The number of nitrogens with one attached hydrogen (secondary N) is 1. The number of rotatable bonds is 17. The zero-order valence-corrected chi connectivity index (χ0v) is 28.7. The van der Waals surface area contributed by atoms with Crippen molar-refractivity contribution in [1.82, 2.24) is 15.1 Å². The molecule has 4 rings (SSSR count). The molecule has 1 aromatic carbocycles. The third-order valence-corrected chi connectivity index (χ3v) is 10.4. The highest BCUT2D eigenvalue weighted by Crippen LogP contribution is 2.61. The molecule has 11 heteroatoms. The van der Waals surface area contributed by atoms with Crippen LogP contribution >= 0.6 is 15.9 Å². The van der Waals surface area contributed by atoms with Gasteiger partial charge in [0.25, 0.3) is 0 Å². The van der Waals surface area contributed by atoms with Gasteiger partial charge in [-0.25, -0.2) is 0 Å². The predicted octanol–water partition coefficient (Wildman–Crippen LogP) is 4.08. The van der Waals surface area contributed by atoms with Crippen molar-refractivity contribution in [3.8, 4) is 0 Å². The molecule has 0 saturated carbocycles. The van der Waals surface area contributed by atoms with Crippen molar-refractivity contribution in [1.29, 1.82) is 0 Å². The molecule has 46 heavy (non-hydrogen) atoms. The van der Waals surface area contributed by atoms with E-state index in [9.17, 15) is 24.3 Å². The molecule has 1 aromatic rings. The van der Waals surface area contributed by atoms with Crippen LogP contribution in [-0.4, -0.2) is 93.0 Å². The van der Waals surface area contributed by atoms with Gasteiger partial charge in [0.2, 0.25) is 17.7 Å². The van der Waals surface area contributed by atoms with Crippen LogP contribution in [0.2, 0.25) is 0 Å². The minimum absolute atomic E-state index is 0.197. The average Bonchev–Trinajstić information content (AvgIpc) is 3.64. The van der Waals surface area contributed by atoms with Crippen LogP contribution in [0.4, 0.5) is 0 Å². The second kappa shape index (κ2) is 15.7. The molecule has 252 valence electrons. The van der Waals surface area contributed by atoms with E-state index in [1.54, 1.807) is 24.0 Å². The maximum atomic E-state index is 14.5. The molecule has 3 aliphatic rings. The third-order valence-electron chi connectivity index (χ3n) is 9.54. The van der Waals surface area contributed by atoms with Crippen molar-refractivity contribution in [2.75, 3.05) is 19.7 Å². The Bertz CT molecular complexity index is 1270. The van der Waals surface area contributed by atoms with Crippen molar-refractivity contribution >= 4 is 39.6 Å². The number of carbonyl (C=O) groups excluding carboxylic acids is 4. The van der Waals surface area contributed by atoms with Gasteiger partial charge in [-0.15, -0.1) is 13.2 Å². The standard InChI is InChI=1S/C35H48BrN3O7/c1-6-10-17-26(41)37-22(5)29(23-15-13-12-14-16-23)45-34(44)27-28-32(42)39(24(9-4)21-40)31(35(28)20-25(36)30(27)46-35)33(43)38(18-8-3)19-11-7-2/h6,8,12-16,22,24-25,27-31,40H,1,3,7,9-11,17-21H2,2,4-5H3,(H,37,41)/t22-,24-,25?,27+,28-,29-,30+,31+,35-/m0/s1. The molecule has 3 fully saturated rings. The number of fused-ring (bicyclic) bond motifs is 1. The van der Waals surface area contributed by atoms with Crippen molar-refractivity contribution in [2.24, 2.45) is 11.8 Å². The van der Waals surface area contributed by atoms with Gasteiger partial charge in [0.1, 0.15) is 17.7 Å². The lowest BCUT2D eigenvalue weighted by Gasteiger charge is -2.39. The summed E-state index contributed by atoms with van der Waals surface area (Å²) < 4.78 is 12.9.